The highest BCUT2D eigenvalue weighted by Gasteiger charge is 2.00. The molecule has 0 aromatic heterocycles. The smallest absolute Gasteiger partial charge is 0.0285 e. The van der Waals surface area contributed by atoms with Crippen molar-refractivity contribution < 1.29 is 0 Å². The largest absolute Gasteiger partial charge is 0.0876 e. The molecule has 0 saturated heterocycles. The number of aryl methyl sites for hydroxylation is 1. The molecule has 0 nitrogen and oxygen atoms in total. The minimum atomic E-state index is 0.954. The first-order valence-electron chi connectivity index (χ1n) is 4.11. The van der Waals surface area contributed by atoms with E-state index >= 15 is 0 Å². The summed E-state index contributed by atoms with van der Waals surface area (Å²) in [7, 11) is 0. The molecule has 66 valence electrons. The van der Waals surface area contributed by atoms with Crippen LogP contribution in [0.3, 0.4) is 0 Å². The zero-order valence-electron chi connectivity index (χ0n) is 7.11. The zero-order valence-corrected chi connectivity index (χ0v) is 10.3. The summed E-state index contributed by atoms with van der Waals surface area (Å²) in [5, 5.41) is 0.954. The van der Waals surface area contributed by atoms with Gasteiger partial charge in [-0.3, -0.25) is 0 Å². The third-order valence-corrected chi connectivity index (χ3v) is 2.93. The summed E-state index contributed by atoms with van der Waals surface area (Å²) in [6.45, 7) is 2.21. The maximum atomic E-state index is 3.49. The van der Waals surface area contributed by atoms with Crippen LogP contribution in [-0.4, -0.2) is 0 Å². The lowest BCUT2D eigenvalue weighted by Gasteiger charge is -2.05. The first-order chi connectivity index (χ1) is 5.77. The van der Waals surface area contributed by atoms with Crippen molar-refractivity contribution in [3.05, 3.63) is 33.8 Å². The molecule has 0 aliphatic carbocycles. The molecule has 1 aromatic carbocycles. The van der Waals surface area contributed by atoms with E-state index in [4.69, 9.17) is 0 Å². The van der Waals surface area contributed by atoms with Gasteiger partial charge in [0.15, 0.2) is 0 Å². The lowest BCUT2D eigenvalue weighted by molar-refractivity contribution is 0.910. The van der Waals surface area contributed by atoms with Gasteiger partial charge in [0.05, 0.1) is 0 Å². The van der Waals surface area contributed by atoms with Crippen molar-refractivity contribution in [3.8, 4) is 0 Å². The minimum Gasteiger partial charge on any atom is -0.0876 e. The molecular formula is C10H12Br2. The van der Waals surface area contributed by atoms with Gasteiger partial charge in [0, 0.05) is 9.80 Å². The molecule has 0 saturated carbocycles. The molecule has 0 amide bonds. The molecule has 2 heteroatoms. The van der Waals surface area contributed by atoms with Gasteiger partial charge in [-0.15, -0.1) is 0 Å². The van der Waals surface area contributed by atoms with E-state index in [9.17, 15) is 0 Å². The van der Waals surface area contributed by atoms with Crippen LogP contribution in [0.1, 0.15) is 24.5 Å². The Bertz CT molecular complexity index is 256. The van der Waals surface area contributed by atoms with E-state index < -0.39 is 0 Å². The average molecular weight is 292 g/mol. The predicted molar refractivity (Wildman–Crippen MR) is 60.8 cm³/mol. The molecule has 1 aromatic rings. The summed E-state index contributed by atoms with van der Waals surface area (Å²) < 4.78 is 1.18. The summed E-state index contributed by atoms with van der Waals surface area (Å²) in [5.41, 5.74) is 2.85. The van der Waals surface area contributed by atoms with Gasteiger partial charge in [-0.1, -0.05) is 51.3 Å². The van der Waals surface area contributed by atoms with E-state index in [1.54, 1.807) is 0 Å². The molecule has 1 rings (SSSR count). The molecule has 0 bridgehead atoms. The van der Waals surface area contributed by atoms with Crippen molar-refractivity contribution in [1.29, 1.82) is 0 Å². The Hall–Kier alpha value is 0.180. The summed E-state index contributed by atoms with van der Waals surface area (Å²) >= 11 is 6.97. The van der Waals surface area contributed by atoms with Gasteiger partial charge in [-0.2, -0.15) is 0 Å². The van der Waals surface area contributed by atoms with Crippen LogP contribution in [0.4, 0.5) is 0 Å². The zero-order chi connectivity index (χ0) is 8.97. The first kappa shape index (κ1) is 10.3. The topological polar surface area (TPSA) is 0 Å². The van der Waals surface area contributed by atoms with Gasteiger partial charge in [0.2, 0.25) is 0 Å². The van der Waals surface area contributed by atoms with Crippen LogP contribution in [0.5, 0.6) is 0 Å². The molecule has 0 heterocycles. The molecule has 0 radical (unpaired) electrons. The van der Waals surface area contributed by atoms with Crippen LogP contribution in [0.2, 0.25) is 0 Å². The van der Waals surface area contributed by atoms with E-state index in [0.717, 1.165) is 5.33 Å². The predicted octanol–water partition coefficient (Wildman–Crippen LogP) is 4.30. The first-order valence-corrected chi connectivity index (χ1v) is 6.02. The second-order valence-corrected chi connectivity index (χ2v) is 4.27. The Labute approximate surface area is 90.6 Å². The number of alkyl halides is 1. The maximum absolute atomic E-state index is 3.49. The standard InChI is InChI=1S/C10H12Br2/c1-2-3-8-6-10(12)5-4-9(8)7-11/h4-6H,2-3,7H2,1H3. The summed E-state index contributed by atoms with van der Waals surface area (Å²) in [5.74, 6) is 0. The lowest BCUT2D eigenvalue weighted by atomic mass is 10.1. The highest BCUT2D eigenvalue weighted by molar-refractivity contribution is 9.10. The van der Waals surface area contributed by atoms with Crippen molar-refractivity contribution in [2.24, 2.45) is 0 Å². The highest BCUT2D eigenvalue weighted by Crippen LogP contribution is 2.19. The van der Waals surface area contributed by atoms with Gasteiger partial charge >= 0.3 is 0 Å². The summed E-state index contributed by atoms with van der Waals surface area (Å²) in [6, 6.07) is 6.47. The molecular weight excluding hydrogens is 280 g/mol. The van der Waals surface area contributed by atoms with Crippen molar-refractivity contribution in [1.82, 2.24) is 0 Å². The van der Waals surface area contributed by atoms with Gasteiger partial charge < -0.3 is 0 Å². The van der Waals surface area contributed by atoms with E-state index in [1.165, 1.54) is 28.4 Å². The molecule has 12 heavy (non-hydrogen) atoms. The Morgan fingerprint density at radius 1 is 1.25 bits per heavy atom. The highest BCUT2D eigenvalue weighted by atomic mass is 79.9. The van der Waals surface area contributed by atoms with Crippen LogP contribution in [0, 0.1) is 0 Å². The van der Waals surface area contributed by atoms with Crippen LogP contribution in [0.25, 0.3) is 0 Å². The van der Waals surface area contributed by atoms with Crippen molar-refractivity contribution in [3.63, 3.8) is 0 Å². The maximum Gasteiger partial charge on any atom is 0.0285 e. The lowest BCUT2D eigenvalue weighted by Crippen LogP contribution is -1.90. The summed E-state index contributed by atoms with van der Waals surface area (Å²) in [4.78, 5) is 0. The SMILES string of the molecule is CCCc1cc(Br)ccc1CBr. The van der Waals surface area contributed by atoms with E-state index in [-0.39, 0.29) is 0 Å². The number of hydrogen-bond donors (Lipinski definition) is 0. The molecule has 0 atom stereocenters. The van der Waals surface area contributed by atoms with E-state index in [0.29, 0.717) is 0 Å². The minimum absolute atomic E-state index is 0.954. The second-order valence-electron chi connectivity index (χ2n) is 2.80. The van der Waals surface area contributed by atoms with Crippen LogP contribution < -0.4 is 0 Å². The number of halogens is 2. The molecule has 0 unspecified atom stereocenters. The monoisotopic (exact) mass is 290 g/mol. The fourth-order valence-corrected chi connectivity index (χ4v) is 2.18. The Morgan fingerprint density at radius 3 is 2.58 bits per heavy atom. The molecule has 0 fully saturated rings. The summed E-state index contributed by atoms with van der Waals surface area (Å²) in [6.07, 6.45) is 2.37. The van der Waals surface area contributed by atoms with Gasteiger partial charge in [-0.25, -0.2) is 0 Å². The van der Waals surface area contributed by atoms with Crippen LogP contribution in [0.15, 0.2) is 22.7 Å². The quantitative estimate of drug-likeness (QED) is 0.729. The number of benzene rings is 1. The molecule has 0 N–H and O–H groups in total. The Balaban J connectivity index is 2.95. The van der Waals surface area contributed by atoms with Crippen molar-refractivity contribution in [2.75, 3.05) is 0 Å². The molecule has 0 spiro atoms. The third-order valence-electron chi connectivity index (χ3n) is 1.83. The van der Waals surface area contributed by atoms with Crippen LogP contribution in [-0.2, 0) is 11.8 Å². The Morgan fingerprint density at radius 2 is 2.00 bits per heavy atom. The fraction of sp³-hybridized carbons (Fsp3) is 0.400. The fourth-order valence-electron chi connectivity index (χ4n) is 1.23. The molecule has 0 aliphatic rings. The Kier molecular flexibility index (Phi) is 4.30. The second kappa shape index (κ2) is 5.03. The average Bonchev–Trinajstić information content (AvgIpc) is 2.05. The van der Waals surface area contributed by atoms with Crippen LogP contribution >= 0.6 is 31.9 Å². The van der Waals surface area contributed by atoms with Gasteiger partial charge in [0.25, 0.3) is 0 Å². The third kappa shape index (κ3) is 2.60. The van der Waals surface area contributed by atoms with E-state index in [1.807, 2.05) is 0 Å². The van der Waals surface area contributed by atoms with Gasteiger partial charge in [0.1, 0.15) is 0 Å². The molecule has 0 aliphatic heterocycles. The van der Waals surface area contributed by atoms with Crippen molar-refractivity contribution in [2.45, 2.75) is 25.1 Å². The number of hydrogen-bond acceptors (Lipinski definition) is 0. The van der Waals surface area contributed by atoms with Crippen molar-refractivity contribution >= 4 is 31.9 Å². The van der Waals surface area contributed by atoms with Gasteiger partial charge in [-0.05, 0) is 29.7 Å². The van der Waals surface area contributed by atoms with E-state index in [2.05, 4.69) is 57.0 Å². The number of rotatable bonds is 3. The normalized spacial score (nSPS) is 10.2.